The lowest BCUT2D eigenvalue weighted by molar-refractivity contribution is -0.137. The molecular formula is C13H14ClF3N2OS. The van der Waals surface area contributed by atoms with Gasteiger partial charge in [-0.15, -0.1) is 0 Å². The highest BCUT2D eigenvalue weighted by atomic mass is 35.5. The summed E-state index contributed by atoms with van der Waals surface area (Å²) in [4.78, 5) is 11.5. The molecule has 21 heavy (non-hydrogen) atoms. The number of anilines is 1. The Labute approximate surface area is 130 Å². The molecule has 1 aromatic carbocycles. The number of rotatable bonds is 3. The fourth-order valence-corrected chi connectivity index (χ4v) is 1.95. The molecule has 0 heterocycles. The van der Waals surface area contributed by atoms with Crippen molar-refractivity contribution in [1.29, 1.82) is 0 Å². The number of halogens is 4. The number of thiocarbonyl (C=S) groups is 1. The van der Waals surface area contributed by atoms with Crippen molar-refractivity contribution in [2.75, 3.05) is 5.32 Å². The maximum atomic E-state index is 12.5. The number of amides is 1. The van der Waals surface area contributed by atoms with E-state index in [1.165, 1.54) is 0 Å². The number of alkyl halides is 3. The van der Waals surface area contributed by atoms with Crippen LogP contribution in [0.5, 0.6) is 0 Å². The number of hydrogen-bond donors (Lipinski definition) is 2. The molecule has 0 atom stereocenters. The van der Waals surface area contributed by atoms with Crippen molar-refractivity contribution in [1.82, 2.24) is 5.32 Å². The fourth-order valence-electron chi connectivity index (χ4n) is 1.49. The molecule has 1 rings (SSSR count). The Morgan fingerprint density at radius 1 is 1.38 bits per heavy atom. The first-order valence-corrected chi connectivity index (χ1v) is 6.85. The van der Waals surface area contributed by atoms with Gasteiger partial charge in [0.1, 0.15) is 0 Å². The number of carbonyl (C=O) groups is 1. The molecule has 0 unspecified atom stereocenters. The summed E-state index contributed by atoms with van der Waals surface area (Å²) in [7, 11) is 0. The van der Waals surface area contributed by atoms with Crippen LogP contribution in [0.1, 0.15) is 25.8 Å². The minimum atomic E-state index is -4.46. The predicted molar refractivity (Wildman–Crippen MR) is 80.3 cm³/mol. The summed E-state index contributed by atoms with van der Waals surface area (Å²) >= 11 is 10.7. The van der Waals surface area contributed by atoms with E-state index in [1.807, 2.05) is 13.8 Å². The third-order valence-corrected chi connectivity index (χ3v) is 2.91. The summed E-state index contributed by atoms with van der Waals surface area (Å²) in [5.74, 6) is -0.104. The molecule has 0 aromatic heterocycles. The standard InChI is InChI=1S/C13H14ClF3N2OS/c1-7(2)5-11(20)19-12(21)18-10-4-3-8(6-9(10)14)13(15,16)17/h3-4,6-7H,5H2,1-2H3,(H2,18,19,20,21). The molecule has 0 radical (unpaired) electrons. The zero-order valence-corrected chi connectivity index (χ0v) is 12.9. The van der Waals surface area contributed by atoms with Crippen molar-refractivity contribution in [3.8, 4) is 0 Å². The van der Waals surface area contributed by atoms with Gasteiger partial charge >= 0.3 is 6.18 Å². The number of carbonyl (C=O) groups excluding carboxylic acids is 1. The minimum Gasteiger partial charge on any atom is -0.331 e. The largest absolute Gasteiger partial charge is 0.416 e. The van der Waals surface area contributed by atoms with Crippen molar-refractivity contribution < 1.29 is 18.0 Å². The van der Waals surface area contributed by atoms with Crippen LogP contribution < -0.4 is 10.6 Å². The fraction of sp³-hybridized carbons (Fsp3) is 0.385. The normalized spacial score (nSPS) is 11.4. The van der Waals surface area contributed by atoms with Gasteiger partial charge in [-0.1, -0.05) is 25.4 Å². The Balaban J connectivity index is 2.71. The summed E-state index contributed by atoms with van der Waals surface area (Å²) in [6.07, 6.45) is -4.17. The van der Waals surface area contributed by atoms with E-state index >= 15 is 0 Å². The smallest absolute Gasteiger partial charge is 0.331 e. The summed E-state index contributed by atoms with van der Waals surface area (Å²) in [6, 6.07) is 2.83. The molecule has 0 aliphatic carbocycles. The van der Waals surface area contributed by atoms with Crippen LogP contribution in [0.15, 0.2) is 18.2 Å². The van der Waals surface area contributed by atoms with Crippen LogP contribution in [0.3, 0.4) is 0 Å². The Morgan fingerprint density at radius 2 is 2.00 bits per heavy atom. The molecule has 0 saturated heterocycles. The van der Waals surface area contributed by atoms with Crippen LogP contribution in [0, 0.1) is 5.92 Å². The monoisotopic (exact) mass is 338 g/mol. The Hall–Kier alpha value is -1.34. The van der Waals surface area contributed by atoms with Gasteiger partial charge in [0, 0.05) is 6.42 Å². The SMILES string of the molecule is CC(C)CC(=O)NC(=S)Nc1ccc(C(F)(F)F)cc1Cl. The first-order chi connectivity index (χ1) is 9.59. The van der Waals surface area contributed by atoms with E-state index in [1.54, 1.807) is 0 Å². The molecule has 0 fully saturated rings. The highest BCUT2D eigenvalue weighted by molar-refractivity contribution is 7.80. The molecule has 1 aromatic rings. The molecule has 0 saturated carbocycles. The molecular weight excluding hydrogens is 325 g/mol. The van der Waals surface area contributed by atoms with Crippen molar-refractivity contribution in [2.24, 2.45) is 5.92 Å². The summed E-state index contributed by atoms with van der Waals surface area (Å²) in [5.41, 5.74) is -0.660. The number of hydrogen-bond acceptors (Lipinski definition) is 2. The van der Waals surface area contributed by atoms with Crippen LogP contribution >= 0.6 is 23.8 Å². The average molecular weight is 339 g/mol. The summed E-state index contributed by atoms with van der Waals surface area (Å²) in [6.45, 7) is 3.76. The van der Waals surface area contributed by atoms with Crippen molar-refractivity contribution in [3.05, 3.63) is 28.8 Å². The Morgan fingerprint density at radius 3 is 2.48 bits per heavy atom. The quantitative estimate of drug-likeness (QED) is 0.811. The first-order valence-electron chi connectivity index (χ1n) is 6.07. The van der Waals surface area contributed by atoms with Crippen molar-refractivity contribution in [3.63, 3.8) is 0 Å². The first kappa shape index (κ1) is 17.7. The minimum absolute atomic E-state index is 0.0118. The average Bonchev–Trinajstić information content (AvgIpc) is 2.28. The molecule has 0 aliphatic rings. The second-order valence-corrected chi connectivity index (χ2v) is 5.61. The highest BCUT2D eigenvalue weighted by Gasteiger charge is 2.30. The predicted octanol–water partition coefficient (Wildman–Crippen LogP) is 4.22. The van der Waals surface area contributed by atoms with E-state index < -0.39 is 11.7 Å². The second-order valence-electron chi connectivity index (χ2n) is 4.79. The van der Waals surface area contributed by atoms with Crippen LogP contribution in [-0.2, 0) is 11.0 Å². The lowest BCUT2D eigenvalue weighted by Gasteiger charge is -2.13. The lowest BCUT2D eigenvalue weighted by atomic mass is 10.1. The Kier molecular flexibility index (Phi) is 5.98. The molecule has 3 nitrogen and oxygen atoms in total. The van der Waals surface area contributed by atoms with E-state index in [0.717, 1.165) is 18.2 Å². The summed E-state index contributed by atoms with van der Waals surface area (Å²) < 4.78 is 37.5. The van der Waals surface area contributed by atoms with Crippen molar-refractivity contribution in [2.45, 2.75) is 26.4 Å². The number of benzene rings is 1. The molecule has 0 spiro atoms. The van der Waals surface area contributed by atoms with E-state index in [0.29, 0.717) is 6.42 Å². The maximum absolute atomic E-state index is 12.5. The zero-order valence-electron chi connectivity index (χ0n) is 11.3. The van der Waals surface area contributed by atoms with Gasteiger partial charge in [-0.3, -0.25) is 4.79 Å². The topological polar surface area (TPSA) is 41.1 Å². The zero-order chi connectivity index (χ0) is 16.2. The van der Waals surface area contributed by atoms with Crippen molar-refractivity contribution >= 4 is 40.5 Å². The van der Waals surface area contributed by atoms with Gasteiger partial charge in [0.05, 0.1) is 16.3 Å². The molecule has 116 valence electrons. The molecule has 0 aliphatic heterocycles. The third-order valence-electron chi connectivity index (χ3n) is 2.39. The van der Waals surface area contributed by atoms with E-state index in [9.17, 15) is 18.0 Å². The van der Waals surface area contributed by atoms with Gasteiger partial charge in [0.15, 0.2) is 5.11 Å². The third kappa shape index (κ3) is 5.89. The van der Waals surface area contributed by atoms with Crippen LogP contribution in [0.2, 0.25) is 5.02 Å². The lowest BCUT2D eigenvalue weighted by Crippen LogP contribution is -2.34. The van der Waals surface area contributed by atoms with E-state index in [2.05, 4.69) is 10.6 Å². The van der Waals surface area contributed by atoms with Gasteiger partial charge in [0.25, 0.3) is 0 Å². The van der Waals surface area contributed by atoms with E-state index in [-0.39, 0.29) is 27.6 Å². The van der Waals surface area contributed by atoms with Gasteiger partial charge in [-0.05, 0) is 36.3 Å². The number of nitrogens with one attached hydrogen (secondary N) is 2. The Bertz CT molecular complexity index is 547. The summed E-state index contributed by atoms with van der Waals surface area (Å²) in [5, 5.41) is 4.88. The molecule has 0 bridgehead atoms. The van der Waals surface area contributed by atoms with Crippen LogP contribution in [0.25, 0.3) is 0 Å². The van der Waals surface area contributed by atoms with Gasteiger partial charge < -0.3 is 10.6 Å². The van der Waals surface area contributed by atoms with E-state index in [4.69, 9.17) is 23.8 Å². The molecule has 1 amide bonds. The van der Waals surface area contributed by atoms with Crippen LogP contribution in [-0.4, -0.2) is 11.0 Å². The van der Waals surface area contributed by atoms with Gasteiger partial charge in [-0.25, -0.2) is 0 Å². The van der Waals surface area contributed by atoms with Gasteiger partial charge in [0.2, 0.25) is 5.91 Å². The van der Waals surface area contributed by atoms with Crippen LogP contribution in [0.4, 0.5) is 18.9 Å². The second kappa shape index (κ2) is 7.09. The van der Waals surface area contributed by atoms with Gasteiger partial charge in [-0.2, -0.15) is 13.2 Å². The highest BCUT2D eigenvalue weighted by Crippen LogP contribution is 2.33. The molecule has 8 heteroatoms. The molecule has 2 N–H and O–H groups in total. The maximum Gasteiger partial charge on any atom is 0.416 e.